The van der Waals surface area contributed by atoms with Crippen molar-refractivity contribution < 1.29 is 0 Å². The van der Waals surface area contributed by atoms with E-state index < -0.39 is 0 Å². The monoisotopic (exact) mass is 376 g/mol. The van der Waals surface area contributed by atoms with Crippen molar-refractivity contribution in [2.45, 2.75) is 33.6 Å². The minimum atomic E-state index is -0.279. The van der Waals surface area contributed by atoms with Crippen LogP contribution in [0, 0.1) is 13.8 Å². The summed E-state index contributed by atoms with van der Waals surface area (Å²) in [6, 6.07) is 13.3. The largest absolute Gasteiger partial charge is 0.288 e. The third-order valence-electron chi connectivity index (χ3n) is 4.91. The minimum Gasteiger partial charge on any atom is -0.288 e. The van der Waals surface area contributed by atoms with Gasteiger partial charge >= 0.3 is 0 Å². The summed E-state index contributed by atoms with van der Waals surface area (Å²) in [7, 11) is 0. The Morgan fingerprint density at radius 2 is 1.81 bits per heavy atom. The molecule has 0 amide bonds. The fourth-order valence-corrected chi connectivity index (χ4v) is 4.37. The highest BCUT2D eigenvalue weighted by Gasteiger charge is 2.17. The van der Waals surface area contributed by atoms with E-state index in [9.17, 15) is 9.59 Å². The van der Waals surface area contributed by atoms with Crippen molar-refractivity contribution >= 4 is 31.6 Å². The van der Waals surface area contributed by atoms with E-state index in [0.717, 1.165) is 27.9 Å². The van der Waals surface area contributed by atoms with Crippen LogP contribution in [0.1, 0.15) is 30.3 Å². The van der Waals surface area contributed by atoms with E-state index in [0.29, 0.717) is 22.5 Å². The van der Waals surface area contributed by atoms with Gasteiger partial charge in [-0.1, -0.05) is 25.1 Å². The third kappa shape index (κ3) is 2.88. The van der Waals surface area contributed by atoms with E-state index in [4.69, 9.17) is 4.98 Å². The second-order valence-corrected chi connectivity index (χ2v) is 7.83. The van der Waals surface area contributed by atoms with Crippen LogP contribution in [0.25, 0.3) is 26.0 Å². The molecule has 0 radical (unpaired) electrons. The van der Waals surface area contributed by atoms with Crippen molar-refractivity contribution in [3.8, 4) is 5.69 Å². The summed E-state index contributed by atoms with van der Waals surface area (Å²) >= 11 is 1.40. The Kier molecular flexibility index (Phi) is 4.40. The molecular weight excluding hydrogens is 356 g/mol. The lowest BCUT2D eigenvalue weighted by Gasteiger charge is -2.14. The molecule has 0 fully saturated rings. The predicted octanol–water partition coefficient (Wildman–Crippen LogP) is 4.53. The van der Waals surface area contributed by atoms with Gasteiger partial charge < -0.3 is 0 Å². The van der Waals surface area contributed by atoms with Crippen molar-refractivity contribution in [2.24, 2.45) is 0 Å². The Balaban J connectivity index is 2.15. The van der Waals surface area contributed by atoms with Crippen LogP contribution < -0.4 is 11.0 Å². The van der Waals surface area contributed by atoms with E-state index in [1.165, 1.54) is 11.3 Å². The lowest BCUT2D eigenvalue weighted by molar-refractivity contribution is 0.775. The standard InChI is InChI=1S/C22H20N2O2S/c1-4-7-18-23-21-19(20(25)16-8-5-6-9-17(16)27-21)22(26)24(18)15-11-10-13(2)14(3)12-15/h5-6,8-12H,4,7H2,1-3H3. The highest BCUT2D eigenvalue weighted by Crippen LogP contribution is 2.23. The number of hydrogen-bond donors (Lipinski definition) is 0. The van der Waals surface area contributed by atoms with Gasteiger partial charge in [-0.05, 0) is 55.7 Å². The molecule has 0 atom stereocenters. The Labute approximate surface area is 160 Å². The fourth-order valence-electron chi connectivity index (χ4n) is 3.32. The first-order valence-electron chi connectivity index (χ1n) is 9.06. The molecule has 0 spiro atoms. The summed E-state index contributed by atoms with van der Waals surface area (Å²) in [5, 5.41) is 0.751. The van der Waals surface area contributed by atoms with Crippen molar-refractivity contribution in [1.29, 1.82) is 0 Å². The van der Waals surface area contributed by atoms with Gasteiger partial charge in [0.1, 0.15) is 16.0 Å². The zero-order chi connectivity index (χ0) is 19.1. The average molecular weight is 376 g/mol. The molecule has 2 aromatic carbocycles. The summed E-state index contributed by atoms with van der Waals surface area (Å²) in [6.07, 6.45) is 1.54. The van der Waals surface area contributed by atoms with Crippen LogP contribution in [0.5, 0.6) is 0 Å². The van der Waals surface area contributed by atoms with Gasteiger partial charge in [0.15, 0.2) is 0 Å². The number of nitrogens with zero attached hydrogens (tertiary/aromatic N) is 2. The molecule has 4 nitrogen and oxygen atoms in total. The maximum absolute atomic E-state index is 13.4. The molecule has 136 valence electrons. The van der Waals surface area contributed by atoms with E-state index >= 15 is 0 Å². The first kappa shape index (κ1) is 17.6. The first-order valence-corrected chi connectivity index (χ1v) is 9.88. The molecule has 0 N–H and O–H groups in total. The number of fused-ring (bicyclic) bond motifs is 2. The van der Waals surface area contributed by atoms with Gasteiger partial charge in [-0.25, -0.2) is 4.98 Å². The van der Waals surface area contributed by atoms with Crippen LogP contribution in [-0.4, -0.2) is 9.55 Å². The van der Waals surface area contributed by atoms with E-state index in [-0.39, 0.29) is 16.4 Å². The zero-order valence-corrected chi connectivity index (χ0v) is 16.4. The first-order chi connectivity index (χ1) is 13.0. The molecule has 27 heavy (non-hydrogen) atoms. The average Bonchev–Trinajstić information content (AvgIpc) is 2.65. The van der Waals surface area contributed by atoms with Crippen LogP contribution >= 0.6 is 11.3 Å². The maximum Gasteiger partial charge on any atom is 0.270 e. The molecule has 0 unspecified atom stereocenters. The number of rotatable bonds is 3. The number of aryl methyl sites for hydroxylation is 3. The molecule has 0 saturated carbocycles. The summed E-state index contributed by atoms with van der Waals surface area (Å²) in [5.41, 5.74) is 2.51. The van der Waals surface area contributed by atoms with Crippen molar-refractivity contribution in [3.05, 3.63) is 80.0 Å². The molecule has 5 heteroatoms. The lowest BCUT2D eigenvalue weighted by atomic mass is 10.1. The molecular formula is C22H20N2O2S. The van der Waals surface area contributed by atoms with Gasteiger partial charge in [0.05, 0.1) is 5.69 Å². The summed E-state index contributed by atoms with van der Waals surface area (Å²) in [5.74, 6) is 0.698. The lowest BCUT2D eigenvalue weighted by Crippen LogP contribution is -2.27. The van der Waals surface area contributed by atoms with Gasteiger partial charge in [0.25, 0.3) is 5.56 Å². The minimum absolute atomic E-state index is 0.178. The van der Waals surface area contributed by atoms with Crippen LogP contribution in [0.2, 0.25) is 0 Å². The molecule has 2 aromatic heterocycles. The van der Waals surface area contributed by atoms with Crippen LogP contribution in [0.15, 0.2) is 52.1 Å². The predicted molar refractivity (Wildman–Crippen MR) is 112 cm³/mol. The van der Waals surface area contributed by atoms with E-state index in [2.05, 4.69) is 6.92 Å². The summed E-state index contributed by atoms with van der Waals surface area (Å²) in [4.78, 5) is 31.7. The highest BCUT2D eigenvalue weighted by atomic mass is 32.1. The molecule has 0 saturated heterocycles. The van der Waals surface area contributed by atoms with Crippen LogP contribution in [0.4, 0.5) is 0 Å². The molecule has 4 rings (SSSR count). The van der Waals surface area contributed by atoms with Gasteiger partial charge in [0.2, 0.25) is 5.43 Å². The highest BCUT2D eigenvalue weighted by molar-refractivity contribution is 7.24. The Hall–Kier alpha value is -2.79. The Morgan fingerprint density at radius 1 is 1.04 bits per heavy atom. The normalized spacial score (nSPS) is 11.4. The zero-order valence-electron chi connectivity index (χ0n) is 15.6. The van der Waals surface area contributed by atoms with Gasteiger partial charge in [-0.2, -0.15) is 0 Å². The summed E-state index contributed by atoms with van der Waals surface area (Å²) in [6.45, 7) is 6.12. The smallest absolute Gasteiger partial charge is 0.270 e. The van der Waals surface area contributed by atoms with Gasteiger partial charge in [0, 0.05) is 16.5 Å². The van der Waals surface area contributed by atoms with Crippen molar-refractivity contribution in [2.75, 3.05) is 0 Å². The van der Waals surface area contributed by atoms with Crippen molar-refractivity contribution in [1.82, 2.24) is 9.55 Å². The number of aromatic nitrogens is 2. The van der Waals surface area contributed by atoms with E-state index in [1.54, 1.807) is 10.6 Å². The third-order valence-corrected chi connectivity index (χ3v) is 5.97. The second-order valence-electron chi connectivity index (χ2n) is 6.79. The second kappa shape index (κ2) is 6.74. The van der Waals surface area contributed by atoms with E-state index in [1.807, 2.05) is 50.2 Å². The summed E-state index contributed by atoms with van der Waals surface area (Å²) < 4.78 is 2.47. The quantitative estimate of drug-likeness (QED) is 0.494. The van der Waals surface area contributed by atoms with Crippen molar-refractivity contribution in [3.63, 3.8) is 0 Å². The van der Waals surface area contributed by atoms with Crippen LogP contribution in [0.3, 0.4) is 0 Å². The molecule has 0 bridgehead atoms. The SMILES string of the molecule is CCCc1nc2sc3ccccc3c(=O)c2c(=O)n1-c1ccc(C)c(C)c1. The Morgan fingerprint density at radius 3 is 2.56 bits per heavy atom. The number of benzene rings is 2. The van der Waals surface area contributed by atoms with Crippen LogP contribution in [-0.2, 0) is 6.42 Å². The molecule has 0 aliphatic rings. The fraction of sp³-hybridized carbons (Fsp3) is 0.227. The Bertz CT molecular complexity index is 1300. The molecule has 2 heterocycles. The number of hydrogen-bond acceptors (Lipinski definition) is 4. The van der Waals surface area contributed by atoms with Gasteiger partial charge in [-0.15, -0.1) is 11.3 Å². The molecule has 4 aromatic rings. The molecule has 0 aliphatic carbocycles. The maximum atomic E-state index is 13.4. The molecule has 0 aliphatic heterocycles. The van der Waals surface area contributed by atoms with Gasteiger partial charge in [-0.3, -0.25) is 14.2 Å². The topological polar surface area (TPSA) is 52.0 Å².